The Kier molecular flexibility index (Phi) is 6.59. The van der Waals surface area contributed by atoms with Crippen molar-refractivity contribution in [1.29, 1.82) is 0 Å². The van der Waals surface area contributed by atoms with E-state index in [4.69, 9.17) is 0 Å². The molecule has 0 saturated heterocycles. The van der Waals surface area contributed by atoms with E-state index in [0.717, 1.165) is 17.7 Å². The number of anilines is 2. The molecule has 0 aliphatic heterocycles. The average Bonchev–Trinajstić information content (AvgIpc) is 2.62. The van der Waals surface area contributed by atoms with Crippen molar-refractivity contribution in [3.05, 3.63) is 48.3 Å². The van der Waals surface area contributed by atoms with Crippen LogP contribution in [0.5, 0.6) is 0 Å². The van der Waals surface area contributed by atoms with Crippen LogP contribution in [-0.2, 0) is 16.0 Å². The molecule has 0 radical (unpaired) electrons. The summed E-state index contributed by atoms with van der Waals surface area (Å²) in [6.07, 6.45) is 3.94. The number of hydrogen-bond acceptors (Lipinski definition) is 5. The van der Waals surface area contributed by atoms with Gasteiger partial charge in [0.2, 0.25) is 17.8 Å². The van der Waals surface area contributed by atoms with Crippen LogP contribution in [-0.4, -0.2) is 46.3 Å². The fourth-order valence-electron chi connectivity index (χ4n) is 2.28. The van der Waals surface area contributed by atoms with Crippen molar-refractivity contribution in [3.63, 3.8) is 0 Å². The fourth-order valence-corrected chi connectivity index (χ4v) is 2.28. The van der Waals surface area contributed by atoms with Crippen LogP contribution in [0, 0.1) is 0 Å². The van der Waals surface area contributed by atoms with E-state index in [-0.39, 0.29) is 24.3 Å². The Morgan fingerprint density at radius 2 is 1.80 bits per heavy atom. The number of nitrogens with zero attached hydrogens (tertiary/aromatic N) is 3. The molecule has 2 amide bonds. The normalized spacial score (nSPS) is 11.8. The molecule has 1 aromatic heterocycles. The third kappa shape index (κ3) is 5.36. The summed E-state index contributed by atoms with van der Waals surface area (Å²) >= 11 is 0. The van der Waals surface area contributed by atoms with Gasteiger partial charge in [0.15, 0.2) is 0 Å². The van der Waals surface area contributed by atoms with Gasteiger partial charge in [0.25, 0.3) is 0 Å². The van der Waals surface area contributed by atoms with Gasteiger partial charge in [-0.3, -0.25) is 19.8 Å². The highest BCUT2D eigenvalue weighted by Crippen LogP contribution is 2.15. The van der Waals surface area contributed by atoms with Crippen molar-refractivity contribution in [2.24, 2.45) is 0 Å². The maximum atomic E-state index is 12.3. The topological polar surface area (TPSA) is 87.2 Å². The van der Waals surface area contributed by atoms with Crippen molar-refractivity contribution in [1.82, 2.24) is 14.9 Å². The van der Waals surface area contributed by atoms with Gasteiger partial charge in [-0.2, -0.15) is 0 Å². The highest BCUT2D eigenvalue weighted by atomic mass is 16.2. The first-order valence-electron chi connectivity index (χ1n) is 8.17. The Morgan fingerprint density at radius 1 is 1.12 bits per heavy atom. The zero-order chi connectivity index (χ0) is 18.2. The first-order chi connectivity index (χ1) is 12.0. The number of amides is 2. The van der Waals surface area contributed by atoms with Gasteiger partial charge in [0.1, 0.15) is 0 Å². The SMILES string of the molecule is CCc1ccccc1NC(=O)CN(C)C(C)C(=O)Nc1ncccn1. The highest BCUT2D eigenvalue weighted by Gasteiger charge is 2.21. The maximum Gasteiger partial charge on any atom is 0.243 e. The second kappa shape index (κ2) is 8.89. The van der Waals surface area contributed by atoms with E-state index in [9.17, 15) is 9.59 Å². The summed E-state index contributed by atoms with van der Waals surface area (Å²) in [5.41, 5.74) is 1.88. The minimum Gasteiger partial charge on any atom is -0.325 e. The van der Waals surface area contributed by atoms with Crippen molar-refractivity contribution in [2.45, 2.75) is 26.3 Å². The van der Waals surface area contributed by atoms with Gasteiger partial charge in [-0.15, -0.1) is 0 Å². The van der Waals surface area contributed by atoms with Gasteiger partial charge >= 0.3 is 0 Å². The van der Waals surface area contributed by atoms with Gasteiger partial charge in [0, 0.05) is 18.1 Å². The molecule has 0 aliphatic rings. The van der Waals surface area contributed by atoms with E-state index in [1.54, 1.807) is 37.3 Å². The van der Waals surface area contributed by atoms with Crippen LogP contribution < -0.4 is 10.6 Å². The predicted octanol–water partition coefficient (Wildman–Crippen LogP) is 1.94. The van der Waals surface area contributed by atoms with Crippen LogP contribution >= 0.6 is 0 Å². The van der Waals surface area contributed by atoms with Crippen LogP contribution in [0.1, 0.15) is 19.4 Å². The van der Waals surface area contributed by atoms with Crippen LogP contribution in [0.15, 0.2) is 42.7 Å². The van der Waals surface area contributed by atoms with Gasteiger partial charge in [0.05, 0.1) is 12.6 Å². The Bertz CT molecular complexity index is 720. The van der Waals surface area contributed by atoms with Crippen LogP contribution in [0.4, 0.5) is 11.6 Å². The summed E-state index contributed by atoms with van der Waals surface area (Å²) in [7, 11) is 1.72. The molecular weight excluding hydrogens is 318 g/mol. The number of rotatable bonds is 7. The van der Waals surface area contributed by atoms with E-state index in [1.807, 2.05) is 31.2 Å². The fraction of sp³-hybridized carbons (Fsp3) is 0.333. The summed E-state index contributed by atoms with van der Waals surface area (Å²) in [6.45, 7) is 3.86. The monoisotopic (exact) mass is 341 g/mol. The number of benzene rings is 1. The number of nitrogens with one attached hydrogen (secondary N) is 2. The molecule has 0 aliphatic carbocycles. The predicted molar refractivity (Wildman–Crippen MR) is 97.2 cm³/mol. The summed E-state index contributed by atoms with van der Waals surface area (Å²) in [6, 6.07) is 8.85. The van der Waals surface area contributed by atoms with E-state index >= 15 is 0 Å². The number of likely N-dealkylation sites (N-methyl/N-ethyl adjacent to an activating group) is 1. The molecule has 0 bridgehead atoms. The summed E-state index contributed by atoms with van der Waals surface area (Å²) < 4.78 is 0. The van der Waals surface area contributed by atoms with Gasteiger partial charge in [-0.05, 0) is 38.1 Å². The van der Waals surface area contributed by atoms with Crippen LogP contribution in [0.25, 0.3) is 0 Å². The summed E-state index contributed by atoms with van der Waals surface area (Å²) in [5, 5.41) is 5.53. The standard InChI is InChI=1S/C18H23N5O2/c1-4-14-8-5-6-9-15(14)21-16(24)12-23(3)13(2)17(25)22-18-19-10-7-11-20-18/h5-11,13H,4,12H2,1-3H3,(H,21,24)(H,19,20,22,25). The van der Waals surface area contributed by atoms with Crippen LogP contribution in [0.2, 0.25) is 0 Å². The molecule has 2 aromatic rings. The molecule has 1 atom stereocenters. The minimum atomic E-state index is -0.504. The number of hydrogen-bond donors (Lipinski definition) is 2. The molecule has 25 heavy (non-hydrogen) atoms. The third-order valence-electron chi connectivity index (χ3n) is 3.91. The molecule has 0 fully saturated rings. The molecule has 0 spiro atoms. The molecule has 1 heterocycles. The van der Waals surface area contributed by atoms with E-state index in [2.05, 4.69) is 20.6 Å². The number of carbonyl (C=O) groups excluding carboxylic acids is 2. The zero-order valence-electron chi connectivity index (χ0n) is 14.7. The molecule has 2 rings (SSSR count). The van der Waals surface area contributed by atoms with Crippen molar-refractivity contribution in [3.8, 4) is 0 Å². The molecule has 7 nitrogen and oxygen atoms in total. The smallest absolute Gasteiger partial charge is 0.243 e. The Balaban J connectivity index is 1.90. The highest BCUT2D eigenvalue weighted by molar-refractivity contribution is 5.95. The van der Waals surface area contributed by atoms with Crippen LogP contribution in [0.3, 0.4) is 0 Å². The Labute approximate surface area is 147 Å². The molecule has 2 N–H and O–H groups in total. The number of carbonyl (C=O) groups is 2. The lowest BCUT2D eigenvalue weighted by Crippen LogP contribution is -2.43. The lowest BCUT2D eigenvalue weighted by Gasteiger charge is -2.23. The largest absolute Gasteiger partial charge is 0.325 e. The average molecular weight is 341 g/mol. The number of aryl methyl sites for hydroxylation is 1. The lowest BCUT2D eigenvalue weighted by molar-refractivity contribution is -0.122. The Hall–Kier alpha value is -2.80. The number of aromatic nitrogens is 2. The summed E-state index contributed by atoms with van der Waals surface area (Å²) in [4.78, 5) is 34.1. The quantitative estimate of drug-likeness (QED) is 0.803. The van der Waals surface area contributed by atoms with Crippen molar-refractivity contribution >= 4 is 23.5 Å². The van der Waals surface area contributed by atoms with E-state index in [1.165, 1.54) is 0 Å². The number of para-hydroxylation sites is 1. The maximum absolute atomic E-state index is 12.3. The molecular formula is C18H23N5O2. The minimum absolute atomic E-state index is 0.0995. The Morgan fingerprint density at radius 3 is 2.48 bits per heavy atom. The second-order valence-electron chi connectivity index (χ2n) is 5.71. The second-order valence-corrected chi connectivity index (χ2v) is 5.71. The van der Waals surface area contributed by atoms with Gasteiger partial charge < -0.3 is 5.32 Å². The molecule has 1 aromatic carbocycles. The van der Waals surface area contributed by atoms with Crippen molar-refractivity contribution < 1.29 is 9.59 Å². The lowest BCUT2D eigenvalue weighted by atomic mass is 10.1. The molecule has 132 valence electrons. The van der Waals surface area contributed by atoms with E-state index < -0.39 is 6.04 Å². The first kappa shape index (κ1) is 18.5. The van der Waals surface area contributed by atoms with Gasteiger partial charge in [-0.25, -0.2) is 9.97 Å². The van der Waals surface area contributed by atoms with Crippen molar-refractivity contribution in [2.75, 3.05) is 24.2 Å². The molecule has 0 saturated carbocycles. The summed E-state index contributed by atoms with van der Waals surface area (Å²) in [5.74, 6) is -0.191. The molecule has 7 heteroatoms. The third-order valence-corrected chi connectivity index (χ3v) is 3.91. The molecule has 1 unspecified atom stereocenters. The van der Waals surface area contributed by atoms with E-state index in [0.29, 0.717) is 0 Å². The first-order valence-corrected chi connectivity index (χ1v) is 8.17. The zero-order valence-corrected chi connectivity index (χ0v) is 14.7. The van der Waals surface area contributed by atoms with Gasteiger partial charge in [-0.1, -0.05) is 25.1 Å².